The highest BCUT2D eigenvalue weighted by molar-refractivity contribution is 5.75. The zero-order valence-corrected chi connectivity index (χ0v) is 10.8. The first kappa shape index (κ1) is 13.6. The summed E-state index contributed by atoms with van der Waals surface area (Å²) in [6.45, 7) is 4.58. The van der Waals surface area contributed by atoms with E-state index in [9.17, 15) is 4.79 Å². The van der Waals surface area contributed by atoms with Crippen molar-refractivity contribution < 1.29 is 9.53 Å². The molecule has 1 rings (SSSR count). The smallest absolute Gasteiger partial charge is 0.323 e. The molecule has 1 N–H and O–H groups in total. The van der Waals surface area contributed by atoms with Crippen molar-refractivity contribution in [3.05, 3.63) is 11.9 Å². The Bertz CT molecular complexity index is 364. The van der Waals surface area contributed by atoms with E-state index in [0.29, 0.717) is 6.54 Å². The van der Waals surface area contributed by atoms with Gasteiger partial charge < -0.3 is 4.74 Å². The summed E-state index contributed by atoms with van der Waals surface area (Å²) < 4.78 is 6.42. The van der Waals surface area contributed by atoms with Gasteiger partial charge in [-0.15, -0.1) is 5.10 Å². The zero-order valence-electron chi connectivity index (χ0n) is 10.8. The third-order valence-corrected chi connectivity index (χ3v) is 2.82. The number of hydrogen-bond acceptors (Lipinski definition) is 5. The molecule has 0 radical (unpaired) electrons. The minimum Gasteiger partial charge on any atom is -0.468 e. The fourth-order valence-corrected chi connectivity index (χ4v) is 1.57. The van der Waals surface area contributed by atoms with Gasteiger partial charge in [0.15, 0.2) is 0 Å². The molecule has 1 heterocycles. The van der Waals surface area contributed by atoms with Crippen LogP contribution >= 0.6 is 0 Å². The first-order valence-corrected chi connectivity index (χ1v) is 5.74. The lowest BCUT2D eigenvalue weighted by Gasteiger charge is -2.21. The summed E-state index contributed by atoms with van der Waals surface area (Å²) in [5.74, 6) is -0.0117. The molecule has 17 heavy (non-hydrogen) atoms. The van der Waals surface area contributed by atoms with Crippen LogP contribution in [-0.4, -0.2) is 34.1 Å². The predicted octanol–water partition coefficient (Wildman–Crippen LogP) is 0.492. The van der Waals surface area contributed by atoms with Gasteiger partial charge in [0.2, 0.25) is 0 Å². The van der Waals surface area contributed by atoms with Crippen LogP contribution in [0.3, 0.4) is 0 Å². The Hall–Kier alpha value is -1.43. The van der Waals surface area contributed by atoms with Gasteiger partial charge in [0.25, 0.3) is 0 Å². The molecule has 6 heteroatoms. The average Bonchev–Trinajstić information content (AvgIpc) is 2.74. The molecular formula is C11H20N4O2. The molecule has 0 fully saturated rings. The van der Waals surface area contributed by atoms with Crippen LogP contribution in [0.1, 0.15) is 26.0 Å². The SMILES string of the molecule is CCC(C)C(NCc1cn(C)nn1)C(=O)OC. The standard InChI is InChI=1S/C11H20N4O2/c1-5-8(2)10(11(16)17-4)12-6-9-7-15(3)14-13-9/h7-8,10,12H,5-6H2,1-4H3. The Morgan fingerprint density at radius 1 is 1.65 bits per heavy atom. The summed E-state index contributed by atoms with van der Waals surface area (Å²) in [5, 5.41) is 11.0. The largest absolute Gasteiger partial charge is 0.468 e. The van der Waals surface area contributed by atoms with Crippen molar-refractivity contribution in [1.29, 1.82) is 0 Å². The summed E-state index contributed by atoms with van der Waals surface area (Å²) in [6.07, 6.45) is 2.73. The summed E-state index contributed by atoms with van der Waals surface area (Å²) in [4.78, 5) is 11.6. The van der Waals surface area contributed by atoms with E-state index in [0.717, 1.165) is 12.1 Å². The van der Waals surface area contributed by atoms with Crippen LogP contribution in [0.5, 0.6) is 0 Å². The molecule has 0 aromatic carbocycles. The van der Waals surface area contributed by atoms with Crippen molar-refractivity contribution in [2.24, 2.45) is 13.0 Å². The molecule has 1 aromatic heterocycles. The first-order chi connectivity index (χ1) is 8.08. The highest BCUT2D eigenvalue weighted by atomic mass is 16.5. The summed E-state index contributed by atoms with van der Waals surface area (Å²) in [6, 6.07) is -0.299. The van der Waals surface area contributed by atoms with Gasteiger partial charge in [-0.3, -0.25) is 14.8 Å². The Kier molecular flexibility index (Phi) is 5.09. The van der Waals surface area contributed by atoms with Crippen LogP contribution in [0.2, 0.25) is 0 Å². The molecule has 6 nitrogen and oxygen atoms in total. The number of carbonyl (C=O) groups is 1. The van der Waals surface area contributed by atoms with Gasteiger partial charge in [0, 0.05) is 19.8 Å². The maximum absolute atomic E-state index is 11.6. The lowest BCUT2D eigenvalue weighted by Crippen LogP contribution is -2.42. The van der Waals surface area contributed by atoms with Gasteiger partial charge in [0.05, 0.1) is 12.8 Å². The van der Waals surface area contributed by atoms with Crippen LogP contribution < -0.4 is 5.32 Å². The van der Waals surface area contributed by atoms with E-state index < -0.39 is 0 Å². The van der Waals surface area contributed by atoms with Gasteiger partial charge in [-0.25, -0.2) is 0 Å². The minimum absolute atomic E-state index is 0.221. The molecule has 96 valence electrons. The number of aromatic nitrogens is 3. The van der Waals surface area contributed by atoms with E-state index in [1.807, 2.05) is 27.1 Å². The minimum atomic E-state index is -0.299. The monoisotopic (exact) mass is 240 g/mol. The van der Waals surface area contributed by atoms with Gasteiger partial charge in [-0.05, 0) is 5.92 Å². The molecule has 0 amide bonds. The number of carbonyl (C=O) groups excluding carboxylic acids is 1. The van der Waals surface area contributed by atoms with Crippen molar-refractivity contribution in [3.8, 4) is 0 Å². The lowest BCUT2D eigenvalue weighted by atomic mass is 9.99. The van der Waals surface area contributed by atoms with E-state index in [2.05, 4.69) is 15.6 Å². The molecule has 2 unspecified atom stereocenters. The topological polar surface area (TPSA) is 69.0 Å². The van der Waals surface area contributed by atoms with E-state index in [1.54, 1.807) is 4.68 Å². The summed E-state index contributed by atoms with van der Waals surface area (Å²) in [5.41, 5.74) is 0.810. The Morgan fingerprint density at radius 2 is 2.35 bits per heavy atom. The Morgan fingerprint density at radius 3 is 2.82 bits per heavy atom. The van der Waals surface area contributed by atoms with Crippen LogP contribution in [0.15, 0.2) is 6.20 Å². The third-order valence-electron chi connectivity index (χ3n) is 2.82. The fourth-order valence-electron chi connectivity index (χ4n) is 1.57. The first-order valence-electron chi connectivity index (χ1n) is 5.74. The second kappa shape index (κ2) is 6.34. The van der Waals surface area contributed by atoms with Crippen LogP contribution in [0.4, 0.5) is 0 Å². The van der Waals surface area contributed by atoms with Crippen LogP contribution in [-0.2, 0) is 23.1 Å². The number of nitrogens with one attached hydrogen (secondary N) is 1. The number of aryl methyl sites for hydroxylation is 1. The molecule has 0 bridgehead atoms. The molecule has 0 aliphatic carbocycles. The van der Waals surface area contributed by atoms with E-state index in [-0.39, 0.29) is 17.9 Å². The molecule has 0 saturated carbocycles. The summed E-state index contributed by atoms with van der Waals surface area (Å²) in [7, 11) is 3.21. The molecule has 0 aliphatic heterocycles. The van der Waals surface area contributed by atoms with Crippen LogP contribution in [0, 0.1) is 5.92 Å². The molecule has 0 spiro atoms. The molecule has 2 atom stereocenters. The van der Waals surface area contributed by atoms with Crippen molar-refractivity contribution in [3.63, 3.8) is 0 Å². The maximum Gasteiger partial charge on any atom is 0.323 e. The second-order valence-electron chi connectivity index (χ2n) is 4.15. The van der Waals surface area contributed by atoms with E-state index in [4.69, 9.17) is 4.74 Å². The number of esters is 1. The van der Waals surface area contributed by atoms with Crippen molar-refractivity contribution in [2.75, 3.05) is 7.11 Å². The van der Waals surface area contributed by atoms with Crippen molar-refractivity contribution in [1.82, 2.24) is 20.3 Å². The second-order valence-corrected chi connectivity index (χ2v) is 4.15. The fraction of sp³-hybridized carbons (Fsp3) is 0.727. The van der Waals surface area contributed by atoms with Gasteiger partial charge in [-0.2, -0.15) is 0 Å². The lowest BCUT2D eigenvalue weighted by molar-refractivity contribution is -0.144. The van der Waals surface area contributed by atoms with Gasteiger partial charge >= 0.3 is 5.97 Å². The molecule has 0 saturated heterocycles. The third kappa shape index (κ3) is 3.81. The quantitative estimate of drug-likeness (QED) is 0.733. The molecule has 0 aliphatic rings. The Balaban J connectivity index is 2.57. The average molecular weight is 240 g/mol. The molecule has 1 aromatic rings. The number of ether oxygens (including phenoxy) is 1. The zero-order chi connectivity index (χ0) is 12.8. The molecular weight excluding hydrogens is 220 g/mol. The van der Waals surface area contributed by atoms with Crippen molar-refractivity contribution in [2.45, 2.75) is 32.9 Å². The summed E-state index contributed by atoms with van der Waals surface area (Å²) >= 11 is 0. The van der Waals surface area contributed by atoms with E-state index >= 15 is 0 Å². The highest BCUT2D eigenvalue weighted by Crippen LogP contribution is 2.09. The van der Waals surface area contributed by atoms with Crippen LogP contribution in [0.25, 0.3) is 0 Å². The highest BCUT2D eigenvalue weighted by Gasteiger charge is 2.24. The maximum atomic E-state index is 11.6. The Labute approximate surface area is 101 Å². The van der Waals surface area contributed by atoms with Crippen molar-refractivity contribution >= 4 is 5.97 Å². The van der Waals surface area contributed by atoms with Gasteiger partial charge in [0.1, 0.15) is 6.04 Å². The number of nitrogens with zero attached hydrogens (tertiary/aromatic N) is 3. The van der Waals surface area contributed by atoms with E-state index in [1.165, 1.54) is 7.11 Å². The predicted molar refractivity (Wildman–Crippen MR) is 63.1 cm³/mol. The van der Waals surface area contributed by atoms with Gasteiger partial charge in [-0.1, -0.05) is 25.5 Å². The number of rotatable bonds is 6. The normalized spacial score (nSPS) is 14.4. The number of methoxy groups -OCH3 is 1. The number of hydrogen-bond donors (Lipinski definition) is 1.